The van der Waals surface area contributed by atoms with Crippen LogP contribution in [0.2, 0.25) is 0 Å². The van der Waals surface area contributed by atoms with Gasteiger partial charge in [0.05, 0.1) is 6.04 Å². The molecule has 0 spiro atoms. The minimum Gasteiger partial charge on any atom is -0.338 e. The maximum Gasteiger partial charge on any atom is 0.253 e. The molecule has 5 nitrogen and oxygen atoms in total. The van der Waals surface area contributed by atoms with Crippen LogP contribution in [-0.4, -0.2) is 53.8 Å². The maximum atomic E-state index is 12.5. The van der Waals surface area contributed by atoms with Gasteiger partial charge in [0.1, 0.15) is 0 Å². The molecule has 1 saturated heterocycles. The highest BCUT2D eigenvalue weighted by Crippen LogP contribution is 2.11. The molecule has 2 aromatic carbocycles. The highest BCUT2D eigenvalue weighted by molar-refractivity contribution is 5.94. The zero-order valence-corrected chi connectivity index (χ0v) is 14.2. The lowest BCUT2D eigenvalue weighted by molar-refractivity contribution is -0.134. The topological polar surface area (TPSA) is 66.6 Å². The van der Waals surface area contributed by atoms with Gasteiger partial charge in [0.25, 0.3) is 5.91 Å². The van der Waals surface area contributed by atoms with Crippen LogP contribution in [-0.2, 0) is 11.2 Å². The molecule has 3 rings (SSSR count). The van der Waals surface area contributed by atoms with Gasteiger partial charge in [0.2, 0.25) is 5.91 Å². The number of amides is 2. The van der Waals surface area contributed by atoms with Crippen molar-refractivity contribution >= 4 is 11.8 Å². The molecule has 0 aromatic heterocycles. The number of rotatable bonds is 4. The first-order valence-electron chi connectivity index (χ1n) is 8.58. The molecule has 1 aliphatic heterocycles. The maximum absolute atomic E-state index is 12.5. The third-order valence-electron chi connectivity index (χ3n) is 4.51. The Kier molecular flexibility index (Phi) is 5.46. The molecular weight excluding hydrogens is 314 g/mol. The molecular formula is C20H23N3O2. The lowest BCUT2D eigenvalue weighted by Crippen LogP contribution is -2.54. The van der Waals surface area contributed by atoms with Gasteiger partial charge in [-0.3, -0.25) is 9.59 Å². The predicted molar refractivity (Wildman–Crippen MR) is 97.0 cm³/mol. The van der Waals surface area contributed by atoms with Gasteiger partial charge in [-0.05, 0) is 24.1 Å². The molecule has 25 heavy (non-hydrogen) atoms. The van der Waals surface area contributed by atoms with E-state index in [1.165, 1.54) is 0 Å². The molecule has 0 saturated carbocycles. The average Bonchev–Trinajstić information content (AvgIpc) is 2.68. The smallest absolute Gasteiger partial charge is 0.253 e. The molecule has 1 atom stereocenters. The van der Waals surface area contributed by atoms with Crippen molar-refractivity contribution in [3.05, 3.63) is 71.8 Å². The first kappa shape index (κ1) is 17.2. The van der Waals surface area contributed by atoms with Crippen LogP contribution in [0, 0.1) is 0 Å². The fourth-order valence-electron chi connectivity index (χ4n) is 3.08. The van der Waals surface area contributed by atoms with Crippen LogP contribution in [0.5, 0.6) is 0 Å². The van der Waals surface area contributed by atoms with E-state index in [1.54, 1.807) is 9.80 Å². The minimum atomic E-state index is -0.543. The van der Waals surface area contributed by atoms with E-state index >= 15 is 0 Å². The Balaban J connectivity index is 1.53. The van der Waals surface area contributed by atoms with Crippen LogP contribution in [0.3, 0.4) is 0 Å². The molecule has 1 heterocycles. The van der Waals surface area contributed by atoms with Crippen molar-refractivity contribution in [3.63, 3.8) is 0 Å². The van der Waals surface area contributed by atoms with Crippen molar-refractivity contribution in [1.29, 1.82) is 0 Å². The SMILES string of the molecule is N[C@@H](Cc1ccccc1)C(=O)N1CCN(C(=O)c2ccccc2)CC1. The number of carbonyl (C=O) groups is 2. The summed E-state index contributed by atoms with van der Waals surface area (Å²) in [7, 11) is 0. The summed E-state index contributed by atoms with van der Waals surface area (Å²) in [6.45, 7) is 2.13. The average molecular weight is 337 g/mol. The Labute approximate surface area is 148 Å². The number of piperazine rings is 1. The van der Waals surface area contributed by atoms with Crippen molar-refractivity contribution in [2.75, 3.05) is 26.2 Å². The predicted octanol–water partition coefficient (Wildman–Crippen LogP) is 1.54. The second-order valence-electron chi connectivity index (χ2n) is 6.28. The third kappa shape index (κ3) is 4.25. The summed E-state index contributed by atoms with van der Waals surface area (Å²) in [4.78, 5) is 28.6. The number of hydrogen-bond acceptors (Lipinski definition) is 3. The molecule has 0 bridgehead atoms. The highest BCUT2D eigenvalue weighted by Gasteiger charge is 2.27. The minimum absolute atomic E-state index is 0.0151. The van der Waals surface area contributed by atoms with Crippen molar-refractivity contribution in [3.8, 4) is 0 Å². The van der Waals surface area contributed by atoms with Gasteiger partial charge in [-0.15, -0.1) is 0 Å². The molecule has 2 aromatic rings. The summed E-state index contributed by atoms with van der Waals surface area (Å²) in [6, 6.07) is 18.5. The standard InChI is InChI=1S/C20H23N3O2/c21-18(15-16-7-3-1-4-8-16)20(25)23-13-11-22(12-14-23)19(24)17-9-5-2-6-10-17/h1-10,18H,11-15,21H2/t18-/m0/s1. The number of nitrogens with zero attached hydrogens (tertiary/aromatic N) is 2. The van der Waals surface area contributed by atoms with E-state index in [-0.39, 0.29) is 11.8 Å². The van der Waals surface area contributed by atoms with Crippen molar-refractivity contribution in [1.82, 2.24) is 9.80 Å². The van der Waals surface area contributed by atoms with Crippen LogP contribution < -0.4 is 5.73 Å². The van der Waals surface area contributed by atoms with E-state index in [2.05, 4.69) is 0 Å². The fourth-order valence-corrected chi connectivity index (χ4v) is 3.08. The van der Waals surface area contributed by atoms with Gasteiger partial charge in [-0.1, -0.05) is 48.5 Å². The molecule has 130 valence electrons. The first-order valence-corrected chi connectivity index (χ1v) is 8.58. The lowest BCUT2D eigenvalue weighted by atomic mass is 10.1. The lowest BCUT2D eigenvalue weighted by Gasteiger charge is -2.36. The third-order valence-corrected chi connectivity index (χ3v) is 4.51. The van der Waals surface area contributed by atoms with Gasteiger partial charge in [0, 0.05) is 31.7 Å². The summed E-state index contributed by atoms with van der Waals surface area (Å²) in [5.41, 5.74) is 7.83. The number of nitrogens with two attached hydrogens (primary N) is 1. The Morgan fingerprint density at radius 1 is 0.840 bits per heavy atom. The fraction of sp³-hybridized carbons (Fsp3) is 0.300. The first-order chi connectivity index (χ1) is 12.1. The normalized spacial score (nSPS) is 15.7. The van der Waals surface area contributed by atoms with E-state index in [9.17, 15) is 9.59 Å². The zero-order chi connectivity index (χ0) is 17.6. The Morgan fingerprint density at radius 2 is 1.36 bits per heavy atom. The van der Waals surface area contributed by atoms with E-state index in [0.717, 1.165) is 5.56 Å². The summed E-state index contributed by atoms with van der Waals surface area (Å²) in [5.74, 6) is -0.0306. The largest absolute Gasteiger partial charge is 0.338 e. The van der Waals surface area contributed by atoms with Gasteiger partial charge in [-0.2, -0.15) is 0 Å². The Bertz CT molecular complexity index is 710. The zero-order valence-electron chi connectivity index (χ0n) is 14.2. The molecule has 0 aliphatic carbocycles. The molecule has 1 fully saturated rings. The van der Waals surface area contributed by atoms with Gasteiger partial charge in [-0.25, -0.2) is 0 Å². The van der Waals surface area contributed by atoms with Gasteiger partial charge in [0.15, 0.2) is 0 Å². The van der Waals surface area contributed by atoms with Crippen molar-refractivity contribution in [2.45, 2.75) is 12.5 Å². The van der Waals surface area contributed by atoms with Crippen LogP contribution in [0.15, 0.2) is 60.7 Å². The summed E-state index contributed by atoms with van der Waals surface area (Å²) in [5, 5.41) is 0. The van der Waals surface area contributed by atoms with Crippen LogP contribution in [0.25, 0.3) is 0 Å². The quantitative estimate of drug-likeness (QED) is 0.920. The number of hydrogen-bond donors (Lipinski definition) is 1. The van der Waals surface area contributed by atoms with Gasteiger partial charge >= 0.3 is 0 Å². The van der Waals surface area contributed by atoms with Crippen LogP contribution in [0.4, 0.5) is 0 Å². The van der Waals surface area contributed by atoms with E-state index in [0.29, 0.717) is 38.2 Å². The molecule has 1 aliphatic rings. The summed E-state index contributed by atoms with van der Waals surface area (Å²) >= 11 is 0. The molecule has 0 unspecified atom stereocenters. The second kappa shape index (κ2) is 7.94. The molecule has 2 N–H and O–H groups in total. The number of benzene rings is 2. The molecule has 2 amide bonds. The van der Waals surface area contributed by atoms with Crippen LogP contribution >= 0.6 is 0 Å². The highest BCUT2D eigenvalue weighted by atomic mass is 16.2. The van der Waals surface area contributed by atoms with Crippen molar-refractivity contribution in [2.24, 2.45) is 5.73 Å². The monoisotopic (exact) mass is 337 g/mol. The summed E-state index contributed by atoms with van der Waals surface area (Å²) < 4.78 is 0. The van der Waals surface area contributed by atoms with Gasteiger partial charge < -0.3 is 15.5 Å². The second-order valence-corrected chi connectivity index (χ2v) is 6.28. The summed E-state index contributed by atoms with van der Waals surface area (Å²) in [6.07, 6.45) is 0.531. The number of carbonyl (C=O) groups excluding carboxylic acids is 2. The van der Waals surface area contributed by atoms with E-state index in [1.807, 2.05) is 60.7 Å². The Hall–Kier alpha value is -2.66. The van der Waals surface area contributed by atoms with Crippen molar-refractivity contribution < 1.29 is 9.59 Å². The van der Waals surface area contributed by atoms with E-state index < -0.39 is 6.04 Å². The Morgan fingerprint density at radius 3 is 1.96 bits per heavy atom. The molecule has 5 heteroatoms. The van der Waals surface area contributed by atoms with E-state index in [4.69, 9.17) is 5.73 Å². The van der Waals surface area contributed by atoms with Crippen LogP contribution in [0.1, 0.15) is 15.9 Å². The molecule has 0 radical (unpaired) electrons.